The highest BCUT2D eigenvalue weighted by molar-refractivity contribution is 8.00. The van der Waals surface area contributed by atoms with Gasteiger partial charge in [0.05, 0.1) is 28.8 Å². The molecule has 8 nitrogen and oxygen atoms in total. The Labute approximate surface area is 202 Å². The van der Waals surface area contributed by atoms with Crippen LogP contribution in [-0.4, -0.2) is 47.0 Å². The molecule has 0 radical (unpaired) electrons. The minimum atomic E-state index is -1.50. The Balaban J connectivity index is 1.42. The Morgan fingerprint density at radius 1 is 1.15 bits per heavy atom. The summed E-state index contributed by atoms with van der Waals surface area (Å²) in [6, 6.07) is 7.76. The standard InChI is InChI=1S/C22H30N4O4S2Si/c1-33(2,3)20-12-24-18(30-20)14-31-21-13-25-22(32-21)26-17(27)10-15-4-6-16(7-5-15)11-23-9-8-19(28)29/h4-7,12-13,19,23,28-29H,8-11,14H2,1-3H3,(H,25,26,27). The van der Waals surface area contributed by atoms with Crippen LogP contribution < -0.4 is 16.0 Å². The number of aromatic nitrogens is 2. The zero-order valence-electron chi connectivity index (χ0n) is 19.0. The van der Waals surface area contributed by atoms with Gasteiger partial charge in [0.1, 0.15) is 13.5 Å². The van der Waals surface area contributed by atoms with Crippen LogP contribution in [-0.2, 0) is 23.5 Å². The third kappa shape index (κ3) is 8.68. The van der Waals surface area contributed by atoms with Crippen molar-refractivity contribution in [2.24, 2.45) is 0 Å². The first-order chi connectivity index (χ1) is 15.7. The summed E-state index contributed by atoms with van der Waals surface area (Å²) in [5.74, 6) is 1.22. The molecule has 1 amide bonds. The van der Waals surface area contributed by atoms with Gasteiger partial charge in [0.2, 0.25) is 11.8 Å². The summed E-state index contributed by atoms with van der Waals surface area (Å²) in [6.07, 6.45) is 2.86. The molecule has 0 aliphatic heterocycles. The van der Waals surface area contributed by atoms with E-state index < -0.39 is 14.4 Å². The van der Waals surface area contributed by atoms with Crippen LogP contribution in [0.1, 0.15) is 23.4 Å². The lowest BCUT2D eigenvalue weighted by atomic mass is 10.1. The van der Waals surface area contributed by atoms with Crippen LogP contribution in [0.2, 0.25) is 19.6 Å². The summed E-state index contributed by atoms with van der Waals surface area (Å²) < 4.78 is 6.86. The molecule has 178 valence electrons. The van der Waals surface area contributed by atoms with Crippen molar-refractivity contribution < 1.29 is 19.4 Å². The molecule has 33 heavy (non-hydrogen) atoms. The van der Waals surface area contributed by atoms with Crippen molar-refractivity contribution in [3.05, 3.63) is 53.7 Å². The van der Waals surface area contributed by atoms with Crippen molar-refractivity contribution in [1.82, 2.24) is 15.3 Å². The average molecular weight is 507 g/mol. The molecule has 0 saturated carbocycles. The van der Waals surface area contributed by atoms with E-state index in [0.717, 1.165) is 20.7 Å². The fraction of sp³-hybridized carbons (Fsp3) is 0.409. The Bertz CT molecular complexity index is 1030. The quantitative estimate of drug-likeness (QED) is 0.128. The number of hydrogen-bond donors (Lipinski definition) is 4. The van der Waals surface area contributed by atoms with Crippen molar-refractivity contribution in [2.45, 2.75) is 55.3 Å². The van der Waals surface area contributed by atoms with E-state index in [9.17, 15) is 4.79 Å². The molecular formula is C22H30N4O4S2Si. The van der Waals surface area contributed by atoms with Gasteiger partial charge in [0, 0.05) is 19.5 Å². The van der Waals surface area contributed by atoms with E-state index in [0.29, 0.717) is 29.9 Å². The minimum Gasteiger partial charge on any atom is -0.450 e. The highest BCUT2D eigenvalue weighted by Crippen LogP contribution is 2.30. The molecule has 0 unspecified atom stereocenters. The lowest BCUT2D eigenvalue weighted by molar-refractivity contribution is -0.115. The van der Waals surface area contributed by atoms with Gasteiger partial charge in [0.25, 0.3) is 0 Å². The number of rotatable bonds is 12. The number of benzene rings is 1. The molecule has 0 spiro atoms. The predicted octanol–water partition coefficient (Wildman–Crippen LogP) is 2.94. The number of amides is 1. The molecule has 1 aromatic carbocycles. The maximum absolute atomic E-state index is 12.4. The van der Waals surface area contributed by atoms with E-state index in [1.54, 1.807) is 18.0 Å². The SMILES string of the molecule is C[Si](C)(C)c1cnc(CSc2cnc(NC(=O)Cc3ccc(CNCCC(O)O)cc3)s2)o1. The monoisotopic (exact) mass is 506 g/mol. The van der Waals surface area contributed by atoms with Crippen molar-refractivity contribution in [3.8, 4) is 0 Å². The summed E-state index contributed by atoms with van der Waals surface area (Å²) in [5, 5.41) is 25.3. The number of thioether (sulfide) groups is 1. The molecular weight excluding hydrogens is 476 g/mol. The number of nitrogens with one attached hydrogen (secondary N) is 2. The maximum atomic E-state index is 12.4. The highest BCUT2D eigenvalue weighted by Gasteiger charge is 2.22. The molecule has 0 bridgehead atoms. The van der Waals surface area contributed by atoms with Gasteiger partial charge in [-0.25, -0.2) is 9.97 Å². The lowest BCUT2D eigenvalue weighted by Crippen LogP contribution is -2.36. The summed E-state index contributed by atoms with van der Waals surface area (Å²) in [7, 11) is -1.50. The summed E-state index contributed by atoms with van der Waals surface area (Å²) in [5.41, 5.74) is 1.98. The van der Waals surface area contributed by atoms with Gasteiger partial charge in [0.15, 0.2) is 11.4 Å². The number of anilines is 1. The molecule has 0 atom stereocenters. The second-order valence-corrected chi connectivity index (χ2v) is 15.9. The third-order valence-corrected chi connectivity index (χ3v) is 8.46. The normalized spacial score (nSPS) is 11.8. The van der Waals surface area contributed by atoms with Crippen LogP contribution in [0.25, 0.3) is 0 Å². The molecule has 3 rings (SSSR count). The van der Waals surface area contributed by atoms with Crippen molar-refractivity contribution in [2.75, 3.05) is 11.9 Å². The second-order valence-electron chi connectivity index (χ2n) is 8.63. The Hall–Kier alpha value is -2.02. The molecule has 0 aliphatic carbocycles. The predicted molar refractivity (Wildman–Crippen MR) is 134 cm³/mol. The Morgan fingerprint density at radius 2 is 1.88 bits per heavy atom. The number of carbonyl (C=O) groups is 1. The molecule has 3 aromatic rings. The van der Waals surface area contributed by atoms with Crippen LogP contribution in [0.3, 0.4) is 0 Å². The van der Waals surface area contributed by atoms with Crippen LogP contribution in [0, 0.1) is 0 Å². The number of nitrogens with zero attached hydrogens (tertiary/aromatic N) is 2. The van der Waals surface area contributed by atoms with E-state index >= 15 is 0 Å². The van der Waals surface area contributed by atoms with E-state index in [1.165, 1.54) is 11.3 Å². The number of aliphatic hydroxyl groups is 2. The first-order valence-electron chi connectivity index (χ1n) is 10.7. The number of thiazole rings is 1. The number of aliphatic hydroxyl groups excluding tert-OH is 1. The fourth-order valence-corrected chi connectivity index (χ4v) is 5.45. The highest BCUT2D eigenvalue weighted by atomic mass is 32.2. The van der Waals surface area contributed by atoms with Crippen LogP contribution in [0.4, 0.5) is 5.13 Å². The minimum absolute atomic E-state index is 0.115. The second kappa shape index (κ2) is 11.9. The largest absolute Gasteiger partial charge is 0.450 e. The number of oxazole rings is 1. The van der Waals surface area contributed by atoms with Crippen LogP contribution in [0.15, 0.2) is 45.3 Å². The van der Waals surface area contributed by atoms with Gasteiger partial charge in [-0.1, -0.05) is 55.2 Å². The molecule has 0 aliphatic rings. The summed E-state index contributed by atoms with van der Waals surface area (Å²) in [6.45, 7) is 7.82. The van der Waals surface area contributed by atoms with Crippen molar-refractivity contribution in [1.29, 1.82) is 0 Å². The smallest absolute Gasteiger partial charge is 0.230 e. The summed E-state index contributed by atoms with van der Waals surface area (Å²) in [4.78, 5) is 21.1. The Kier molecular flexibility index (Phi) is 9.24. The van der Waals surface area contributed by atoms with Gasteiger partial charge in [-0.05, 0) is 11.1 Å². The molecule has 2 aromatic heterocycles. The van der Waals surface area contributed by atoms with E-state index in [-0.39, 0.29) is 18.7 Å². The van der Waals surface area contributed by atoms with Gasteiger partial charge in [-0.3, -0.25) is 4.79 Å². The zero-order valence-corrected chi connectivity index (χ0v) is 21.6. The summed E-state index contributed by atoms with van der Waals surface area (Å²) >= 11 is 3.02. The van der Waals surface area contributed by atoms with Gasteiger partial charge in [-0.15, -0.1) is 11.8 Å². The van der Waals surface area contributed by atoms with Gasteiger partial charge < -0.3 is 25.3 Å². The van der Waals surface area contributed by atoms with Crippen LogP contribution >= 0.6 is 23.1 Å². The fourth-order valence-electron chi connectivity index (χ4n) is 2.83. The number of hydrogen-bond acceptors (Lipinski definition) is 9. The maximum Gasteiger partial charge on any atom is 0.230 e. The van der Waals surface area contributed by atoms with E-state index in [2.05, 4.69) is 40.2 Å². The van der Waals surface area contributed by atoms with Crippen molar-refractivity contribution in [3.63, 3.8) is 0 Å². The average Bonchev–Trinajstić information content (AvgIpc) is 3.40. The topological polar surface area (TPSA) is 121 Å². The first kappa shape index (κ1) is 25.6. The molecule has 4 N–H and O–H groups in total. The Morgan fingerprint density at radius 3 is 2.55 bits per heavy atom. The van der Waals surface area contributed by atoms with Gasteiger partial charge in [-0.2, -0.15) is 0 Å². The number of carbonyl (C=O) groups excluding carboxylic acids is 1. The van der Waals surface area contributed by atoms with Gasteiger partial charge >= 0.3 is 0 Å². The van der Waals surface area contributed by atoms with Crippen LogP contribution in [0.5, 0.6) is 0 Å². The van der Waals surface area contributed by atoms with E-state index in [4.69, 9.17) is 14.6 Å². The zero-order chi connectivity index (χ0) is 23.8. The molecule has 0 saturated heterocycles. The van der Waals surface area contributed by atoms with Crippen molar-refractivity contribution >= 4 is 47.6 Å². The molecule has 0 fully saturated rings. The lowest BCUT2D eigenvalue weighted by Gasteiger charge is -2.09. The molecule has 11 heteroatoms. The molecule has 2 heterocycles. The first-order valence-corrected chi connectivity index (χ1v) is 16.0. The third-order valence-electron chi connectivity index (χ3n) is 4.66. The van der Waals surface area contributed by atoms with E-state index in [1.807, 2.05) is 30.5 Å².